The predicted molar refractivity (Wildman–Crippen MR) is 92.0 cm³/mol. The van der Waals surface area contributed by atoms with Gasteiger partial charge >= 0.3 is 0 Å². The summed E-state index contributed by atoms with van der Waals surface area (Å²) in [6.45, 7) is 5.99. The van der Waals surface area contributed by atoms with E-state index in [4.69, 9.17) is 0 Å². The third kappa shape index (κ3) is 3.50. The molecule has 120 valence electrons. The van der Waals surface area contributed by atoms with E-state index < -0.39 is 0 Å². The molecule has 1 aliphatic heterocycles. The summed E-state index contributed by atoms with van der Waals surface area (Å²) < 4.78 is 0. The van der Waals surface area contributed by atoms with Gasteiger partial charge in [-0.25, -0.2) is 9.97 Å². The molecule has 2 aromatic rings. The minimum Gasteiger partial charge on any atom is -0.355 e. The van der Waals surface area contributed by atoms with E-state index in [-0.39, 0.29) is 5.91 Å². The van der Waals surface area contributed by atoms with Gasteiger partial charge in [0.2, 0.25) is 0 Å². The van der Waals surface area contributed by atoms with Crippen LogP contribution in [-0.2, 0) is 0 Å². The Balaban J connectivity index is 1.72. The molecular weight excluding hydrogens is 288 g/mol. The summed E-state index contributed by atoms with van der Waals surface area (Å²) in [5.74, 6) is 0.633. The zero-order valence-electron chi connectivity index (χ0n) is 13.7. The Morgan fingerprint density at radius 3 is 2.35 bits per heavy atom. The molecule has 5 heteroatoms. The summed E-state index contributed by atoms with van der Waals surface area (Å²) in [7, 11) is 0. The smallest absolute Gasteiger partial charge is 0.275 e. The maximum atomic E-state index is 12.4. The van der Waals surface area contributed by atoms with Gasteiger partial charge in [0, 0.05) is 18.8 Å². The summed E-state index contributed by atoms with van der Waals surface area (Å²) >= 11 is 0. The highest BCUT2D eigenvalue weighted by atomic mass is 16.1. The highest BCUT2D eigenvalue weighted by Gasteiger charge is 2.15. The molecular formula is C18H22N4O. The third-order valence-electron chi connectivity index (χ3n) is 4.27. The second-order valence-corrected chi connectivity index (χ2v) is 6.03. The Kier molecular flexibility index (Phi) is 4.55. The molecule has 0 atom stereocenters. The Hall–Kier alpha value is -2.43. The van der Waals surface area contributed by atoms with Crippen molar-refractivity contribution in [1.82, 2.24) is 9.97 Å². The number of hydrogen-bond donors (Lipinski definition) is 1. The van der Waals surface area contributed by atoms with E-state index in [0.717, 1.165) is 35.7 Å². The molecule has 1 amide bonds. The van der Waals surface area contributed by atoms with Gasteiger partial charge in [0.05, 0.1) is 12.4 Å². The number of piperidine rings is 1. The van der Waals surface area contributed by atoms with Gasteiger partial charge in [-0.3, -0.25) is 4.79 Å². The van der Waals surface area contributed by atoms with Gasteiger partial charge < -0.3 is 10.2 Å². The van der Waals surface area contributed by atoms with E-state index in [1.165, 1.54) is 19.3 Å². The Morgan fingerprint density at radius 2 is 1.74 bits per heavy atom. The number of hydrogen-bond acceptors (Lipinski definition) is 4. The Labute approximate surface area is 136 Å². The molecule has 1 aromatic heterocycles. The third-order valence-corrected chi connectivity index (χ3v) is 4.27. The zero-order chi connectivity index (χ0) is 16.2. The molecule has 0 bridgehead atoms. The van der Waals surface area contributed by atoms with Crippen LogP contribution in [0.4, 0.5) is 11.5 Å². The fraction of sp³-hybridized carbons (Fsp3) is 0.389. The lowest BCUT2D eigenvalue weighted by Gasteiger charge is -2.27. The second-order valence-electron chi connectivity index (χ2n) is 6.03. The summed E-state index contributed by atoms with van der Waals surface area (Å²) in [6.07, 6.45) is 6.92. The molecule has 5 nitrogen and oxygen atoms in total. The molecule has 0 radical (unpaired) electrons. The first-order valence-electron chi connectivity index (χ1n) is 8.10. The molecule has 1 N–H and O–H groups in total. The number of nitrogens with zero attached hydrogens (tertiary/aromatic N) is 3. The van der Waals surface area contributed by atoms with Crippen molar-refractivity contribution in [2.75, 3.05) is 23.3 Å². The van der Waals surface area contributed by atoms with Crippen molar-refractivity contribution in [1.29, 1.82) is 0 Å². The topological polar surface area (TPSA) is 58.1 Å². The fourth-order valence-electron chi connectivity index (χ4n) is 2.91. The molecule has 0 saturated carbocycles. The van der Waals surface area contributed by atoms with E-state index in [2.05, 4.69) is 20.2 Å². The van der Waals surface area contributed by atoms with Gasteiger partial charge in [-0.15, -0.1) is 0 Å². The van der Waals surface area contributed by atoms with E-state index in [9.17, 15) is 4.79 Å². The van der Waals surface area contributed by atoms with Crippen molar-refractivity contribution in [2.45, 2.75) is 33.1 Å². The van der Waals surface area contributed by atoms with Gasteiger partial charge in [-0.05, 0) is 44.2 Å². The number of aryl methyl sites for hydroxylation is 2. The molecule has 3 rings (SSSR count). The fourth-order valence-corrected chi connectivity index (χ4v) is 2.91. The first-order chi connectivity index (χ1) is 11.1. The first kappa shape index (κ1) is 15.5. The molecule has 1 fully saturated rings. The van der Waals surface area contributed by atoms with Crippen LogP contribution in [0.2, 0.25) is 0 Å². The monoisotopic (exact) mass is 310 g/mol. The average molecular weight is 310 g/mol. The van der Waals surface area contributed by atoms with Crippen molar-refractivity contribution in [3.63, 3.8) is 0 Å². The lowest BCUT2D eigenvalue weighted by atomic mass is 10.1. The maximum Gasteiger partial charge on any atom is 0.275 e. The van der Waals surface area contributed by atoms with Crippen LogP contribution in [0.1, 0.15) is 40.9 Å². The average Bonchev–Trinajstić information content (AvgIpc) is 2.59. The normalized spacial score (nSPS) is 14.6. The molecule has 1 aromatic carbocycles. The molecule has 1 aliphatic rings. The number of benzene rings is 1. The van der Waals surface area contributed by atoms with Gasteiger partial charge in [-0.2, -0.15) is 0 Å². The number of aromatic nitrogens is 2. The number of carbonyl (C=O) groups is 1. The number of carbonyl (C=O) groups excluding carboxylic acids is 1. The quantitative estimate of drug-likeness (QED) is 0.944. The minimum absolute atomic E-state index is 0.222. The van der Waals surface area contributed by atoms with Crippen LogP contribution in [0.15, 0.2) is 30.6 Å². The SMILES string of the molecule is Cc1cccc(C)c1NC(=O)c1cnc(N2CCCCC2)cn1. The first-order valence-corrected chi connectivity index (χ1v) is 8.10. The maximum absolute atomic E-state index is 12.4. The number of nitrogens with one attached hydrogen (secondary N) is 1. The van der Waals surface area contributed by atoms with E-state index in [1.807, 2.05) is 32.0 Å². The lowest BCUT2D eigenvalue weighted by molar-refractivity contribution is 0.102. The van der Waals surface area contributed by atoms with Crippen LogP contribution in [-0.4, -0.2) is 29.0 Å². The van der Waals surface area contributed by atoms with Crippen LogP contribution >= 0.6 is 0 Å². The highest BCUT2D eigenvalue weighted by molar-refractivity contribution is 6.03. The lowest BCUT2D eigenvalue weighted by Crippen LogP contribution is -2.30. The van der Waals surface area contributed by atoms with Crippen molar-refractivity contribution >= 4 is 17.4 Å². The van der Waals surface area contributed by atoms with Gasteiger partial charge in [0.1, 0.15) is 11.5 Å². The van der Waals surface area contributed by atoms with Gasteiger partial charge in [0.25, 0.3) is 5.91 Å². The van der Waals surface area contributed by atoms with Crippen molar-refractivity contribution in [2.24, 2.45) is 0 Å². The number of amides is 1. The minimum atomic E-state index is -0.222. The van der Waals surface area contributed by atoms with Crippen LogP contribution in [0.25, 0.3) is 0 Å². The molecule has 0 unspecified atom stereocenters. The number of para-hydroxylation sites is 1. The summed E-state index contributed by atoms with van der Waals surface area (Å²) in [5.41, 5.74) is 3.26. The second kappa shape index (κ2) is 6.77. The molecule has 0 spiro atoms. The van der Waals surface area contributed by atoms with Crippen LogP contribution < -0.4 is 10.2 Å². The van der Waals surface area contributed by atoms with Crippen molar-refractivity contribution in [3.8, 4) is 0 Å². The summed E-state index contributed by atoms with van der Waals surface area (Å²) in [4.78, 5) is 23.3. The van der Waals surface area contributed by atoms with Crippen molar-refractivity contribution in [3.05, 3.63) is 47.4 Å². The largest absolute Gasteiger partial charge is 0.355 e. The van der Waals surface area contributed by atoms with E-state index in [0.29, 0.717) is 5.69 Å². The van der Waals surface area contributed by atoms with E-state index in [1.54, 1.807) is 12.4 Å². The Bertz CT molecular complexity index is 670. The summed E-state index contributed by atoms with van der Waals surface area (Å²) in [6, 6.07) is 5.94. The summed E-state index contributed by atoms with van der Waals surface area (Å²) in [5, 5.41) is 2.94. The Morgan fingerprint density at radius 1 is 1.04 bits per heavy atom. The van der Waals surface area contributed by atoms with Gasteiger partial charge in [0.15, 0.2) is 0 Å². The standard InChI is InChI=1S/C18H22N4O/c1-13-7-6-8-14(2)17(13)21-18(23)15-11-20-16(12-19-15)22-9-4-3-5-10-22/h6-8,11-12H,3-5,9-10H2,1-2H3,(H,21,23). The highest BCUT2D eigenvalue weighted by Crippen LogP contribution is 2.20. The number of rotatable bonds is 3. The van der Waals surface area contributed by atoms with Crippen LogP contribution in [0.3, 0.4) is 0 Å². The van der Waals surface area contributed by atoms with Crippen LogP contribution in [0, 0.1) is 13.8 Å². The molecule has 23 heavy (non-hydrogen) atoms. The van der Waals surface area contributed by atoms with E-state index >= 15 is 0 Å². The predicted octanol–water partition coefficient (Wildman–Crippen LogP) is 3.34. The zero-order valence-corrected chi connectivity index (χ0v) is 13.7. The van der Waals surface area contributed by atoms with Gasteiger partial charge in [-0.1, -0.05) is 18.2 Å². The number of anilines is 2. The molecule has 1 saturated heterocycles. The van der Waals surface area contributed by atoms with Crippen molar-refractivity contribution < 1.29 is 4.79 Å². The molecule has 2 heterocycles. The molecule has 0 aliphatic carbocycles. The van der Waals surface area contributed by atoms with Crippen LogP contribution in [0.5, 0.6) is 0 Å².